The second-order valence-electron chi connectivity index (χ2n) is 4.13. The summed E-state index contributed by atoms with van der Waals surface area (Å²) in [4.78, 5) is 14.9. The maximum Gasteiger partial charge on any atom is 0.311 e. The van der Waals surface area contributed by atoms with Gasteiger partial charge in [0, 0.05) is 11.8 Å². The number of aromatic nitrogens is 1. The Kier molecular flexibility index (Phi) is 3.85. The highest BCUT2D eigenvalue weighted by atomic mass is 19.1. The normalized spacial score (nSPS) is 12.1. The number of pyridine rings is 1. The zero-order valence-corrected chi connectivity index (χ0v) is 9.88. The standard InChI is InChI=1S/C14H11F2NO2/c15-10-5-9(7-17-8-10)6-12(14(18)19)11-3-1-2-4-13(11)16/h1-5,7-8,12H,6H2,(H,18,19). The number of carbonyl (C=O) groups is 1. The molecule has 0 spiro atoms. The second kappa shape index (κ2) is 5.56. The van der Waals surface area contributed by atoms with E-state index < -0.39 is 23.5 Å². The number of nitrogens with zero attached hydrogens (tertiary/aromatic N) is 1. The summed E-state index contributed by atoms with van der Waals surface area (Å²) in [5.74, 6) is -3.35. The van der Waals surface area contributed by atoms with Crippen LogP contribution in [-0.4, -0.2) is 16.1 Å². The number of hydrogen-bond acceptors (Lipinski definition) is 2. The largest absolute Gasteiger partial charge is 0.481 e. The highest BCUT2D eigenvalue weighted by Crippen LogP contribution is 2.23. The third-order valence-corrected chi connectivity index (χ3v) is 2.78. The number of carboxylic acid groups (broad SMARTS) is 1. The molecule has 1 N–H and O–H groups in total. The van der Waals surface area contributed by atoms with Gasteiger partial charge in [0.1, 0.15) is 11.6 Å². The Morgan fingerprint density at radius 2 is 2.00 bits per heavy atom. The molecule has 1 heterocycles. The Balaban J connectivity index is 2.32. The highest BCUT2D eigenvalue weighted by molar-refractivity contribution is 5.76. The van der Waals surface area contributed by atoms with Gasteiger partial charge in [-0.15, -0.1) is 0 Å². The zero-order valence-electron chi connectivity index (χ0n) is 9.88. The van der Waals surface area contributed by atoms with E-state index in [4.69, 9.17) is 0 Å². The summed E-state index contributed by atoms with van der Waals surface area (Å²) in [6.45, 7) is 0. The van der Waals surface area contributed by atoms with E-state index in [0.29, 0.717) is 5.56 Å². The Labute approximate surface area is 108 Å². The van der Waals surface area contributed by atoms with Gasteiger partial charge in [-0.05, 0) is 24.1 Å². The first-order valence-electron chi connectivity index (χ1n) is 5.64. The maximum absolute atomic E-state index is 13.6. The van der Waals surface area contributed by atoms with Crippen molar-refractivity contribution in [3.05, 3.63) is 65.5 Å². The first-order valence-corrected chi connectivity index (χ1v) is 5.64. The van der Waals surface area contributed by atoms with Gasteiger partial charge in [-0.3, -0.25) is 9.78 Å². The predicted molar refractivity (Wildman–Crippen MR) is 64.7 cm³/mol. The van der Waals surface area contributed by atoms with Crippen molar-refractivity contribution >= 4 is 5.97 Å². The molecule has 0 radical (unpaired) electrons. The van der Waals surface area contributed by atoms with Crippen molar-refractivity contribution in [2.45, 2.75) is 12.3 Å². The number of benzene rings is 1. The molecule has 19 heavy (non-hydrogen) atoms. The zero-order chi connectivity index (χ0) is 13.8. The van der Waals surface area contributed by atoms with Crippen molar-refractivity contribution in [3.63, 3.8) is 0 Å². The van der Waals surface area contributed by atoms with E-state index in [1.165, 1.54) is 30.5 Å². The van der Waals surface area contributed by atoms with E-state index in [1.54, 1.807) is 6.07 Å². The lowest BCUT2D eigenvalue weighted by atomic mass is 9.92. The molecule has 2 aromatic rings. The van der Waals surface area contributed by atoms with Gasteiger partial charge in [-0.1, -0.05) is 18.2 Å². The Bertz CT molecular complexity index is 602. The van der Waals surface area contributed by atoms with Crippen LogP contribution >= 0.6 is 0 Å². The minimum absolute atomic E-state index is 0.0129. The van der Waals surface area contributed by atoms with Crippen molar-refractivity contribution in [3.8, 4) is 0 Å². The average molecular weight is 263 g/mol. The van der Waals surface area contributed by atoms with Gasteiger partial charge in [0.05, 0.1) is 12.1 Å². The fourth-order valence-electron chi connectivity index (χ4n) is 1.89. The van der Waals surface area contributed by atoms with E-state index in [9.17, 15) is 18.7 Å². The minimum Gasteiger partial charge on any atom is -0.481 e. The van der Waals surface area contributed by atoms with Crippen LogP contribution in [-0.2, 0) is 11.2 Å². The molecule has 0 aliphatic heterocycles. The lowest BCUT2D eigenvalue weighted by Crippen LogP contribution is -2.16. The van der Waals surface area contributed by atoms with Crippen molar-refractivity contribution in [1.29, 1.82) is 0 Å². The molecular weight excluding hydrogens is 252 g/mol. The molecule has 0 aliphatic carbocycles. The van der Waals surface area contributed by atoms with Gasteiger partial charge in [0.2, 0.25) is 0 Å². The van der Waals surface area contributed by atoms with E-state index in [1.807, 2.05) is 0 Å². The summed E-state index contributed by atoms with van der Waals surface area (Å²) >= 11 is 0. The molecular formula is C14H11F2NO2. The molecule has 0 fully saturated rings. The van der Waals surface area contributed by atoms with Crippen LogP contribution in [0.5, 0.6) is 0 Å². The fourth-order valence-corrected chi connectivity index (χ4v) is 1.89. The van der Waals surface area contributed by atoms with Crippen molar-refractivity contribution in [2.75, 3.05) is 0 Å². The predicted octanol–water partition coefficient (Wildman–Crippen LogP) is 2.77. The van der Waals surface area contributed by atoms with Crippen molar-refractivity contribution in [1.82, 2.24) is 4.98 Å². The molecule has 1 atom stereocenters. The first-order chi connectivity index (χ1) is 9.08. The highest BCUT2D eigenvalue weighted by Gasteiger charge is 2.23. The van der Waals surface area contributed by atoms with Gasteiger partial charge in [-0.25, -0.2) is 8.78 Å². The molecule has 3 nitrogen and oxygen atoms in total. The summed E-state index contributed by atoms with van der Waals surface area (Å²) in [6.07, 6.45) is 2.39. The first kappa shape index (κ1) is 13.1. The molecule has 5 heteroatoms. The van der Waals surface area contributed by atoms with Crippen LogP contribution in [0.1, 0.15) is 17.0 Å². The van der Waals surface area contributed by atoms with Gasteiger partial charge in [0.25, 0.3) is 0 Å². The summed E-state index contributed by atoms with van der Waals surface area (Å²) in [5.41, 5.74) is 0.495. The third-order valence-electron chi connectivity index (χ3n) is 2.78. The van der Waals surface area contributed by atoms with Crippen LogP contribution in [0.15, 0.2) is 42.7 Å². The molecule has 0 bridgehead atoms. The minimum atomic E-state index is -1.16. The smallest absolute Gasteiger partial charge is 0.311 e. The lowest BCUT2D eigenvalue weighted by molar-refractivity contribution is -0.138. The number of rotatable bonds is 4. The molecule has 98 valence electrons. The van der Waals surface area contributed by atoms with Crippen LogP contribution in [0.25, 0.3) is 0 Å². The van der Waals surface area contributed by atoms with Crippen molar-refractivity contribution < 1.29 is 18.7 Å². The molecule has 1 aromatic heterocycles. The molecule has 0 aliphatic rings. The lowest BCUT2D eigenvalue weighted by Gasteiger charge is -2.13. The van der Waals surface area contributed by atoms with Crippen LogP contribution in [0, 0.1) is 11.6 Å². The Morgan fingerprint density at radius 1 is 1.26 bits per heavy atom. The summed E-state index contributed by atoms with van der Waals surface area (Å²) < 4.78 is 26.6. The molecule has 2 rings (SSSR count). The number of carboxylic acids is 1. The van der Waals surface area contributed by atoms with Crippen LogP contribution < -0.4 is 0 Å². The average Bonchev–Trinajstić information content (AvgIpc) is 2.37. The summed E-state index contributed by atoms with van der Waals surface area (Å²) in [7, 11) is 0. The van der Waals surface area contributed by atoms with Gasteiger partial charge in [-0.2, -0.15) is 0 Å². The van der Waals surface area contributed by atoms with E-state index in [2.05, 4.69) is 4.98 Å². The second-order valence-corrected chi connectivity index (χ2v) is 4.13. The number of aliphatic carboxylic acids is 1. The van der Waals surface area contributed by atoms with Gasteiger partial charge >= 0.3 is 5.97 Å². The maximum atomic E-state index is 13.6. The van der Waals surface area contributed by atoms with Crippen LogP contribution in [0.3, 0.4) is 0 Å². The van der Waals surface area contributed by atoms with E-state index >= 15 is 0 Å². The third kappa shape index (κ3) is 3.13. The monoisotopic (exact) mass is 263 g/mol. The summed E-state index contributed by atoms with van der Waals surface area (Å²) in [6, 6.07) is 6.87. The molecule has 0 amide bonds. The Hall–Kier alpha value is -2.30. The molecule has 1 unspecified atom stereocenters. The summed E-state index contributed by atoms with van der Waals surface area (Å²) in [5, 5.41) is 9.20. The fraction of sp³-hybridized carbons (Fsp3) is 0.143. The molecule has 1 aromatic carbocycles. The number of halogens is 2. The van der Waals surface area contributed by atoms with E-state index in [0.717, 1.165) is 6.20 Å². The van der Waals surface area contributed by atoms with Crippen molar-refractivity contribution in [2.24, 2.45) is 0 Å². The van der Waals surface area contributed by atoms with Gasteiger partial charge in [0.15, 0.2) is 0 Å². The molecule has 0 saturated heterocycles. The topological polar surface area (TPSA) is 50.2 Å². The Morgan fingerprint density at radius 3 is 2.63 bits per heavy atom. The van der Waals surface area contributed by atoms with Crippen LogP contribution in [0.2, 0.25) is 0 Å². The quantitative estimate of drug-likeness (QED) is 0.922. The van der Waals surface area contributed by atoms with Crippen LogP contribution in [0.4, 0.5) is 8.78 Å². The number of hydrogen-bond donors (Lipinski definition) is 1. The van der Waals surface area contributed by atoms with Gasteiger partial charge < -0.3 is 5.11 Å². The molecule has 0 saturated carbocycles. The SMILES string of the molecule is O=C(O)C(Cc1cncc(F)c1)c1ccccc1F. The van der Waals surface area contributed by atoms with E-state index in [-0.39, 0.29) is 12.0 Å².